The van der Waals surface area contributed by atoms with Gasteiger partial charge in [-0.2, -0.15) is 0 Å². The minimum Gasteiger partial charge on any atom is -0.398 e. The van der Waals surface area contributed by atoms with E-state index in [0.29, 0.717) is 0 Å². The molecule has 0 atom stereocenters. The number of anilines is 1. The van der Waals surface area contributed by atoms with Gasteiger partial charge in [0.1, 0.15) is 0 Å². The molecule has 0 aliphatic rings. The van der Waals surface area contributed by atoms with E-state index in [2.05, 4.69) is 18.2 Å². The van der Waals surface area contributed by atoms with Gasteiger partial charge in [-0.25, -0.2) is 0 Å². The van der Waals surface area contributed by atoms with E-state index in [9.17, 15) is 0 Å². The first-order chi connectivity index (χ1) is 7.65. The smallest absolute Gasteiger partial charge is 0.0931 e. The Morgan fingerprint density at radius 2 is 2.12 bits per heavy atom. The first-order valence-corrected chi connectivity index (χ1v) is 7.06. The number of hydrogen-bond acceptors (Lipinski definition) is 3. The molecule has 0 bridgehead atoms. The highest BCUT2D eigenvalue weighted by atomic mass is 35.5. The highest BCUT2D eigenvalue weighted by Crippen LogP contribution is 2.32. The van der Waals surface area contributed by atoms with Crippen LogP contribution in [0.5, 0.6) is 0 Å². The molecule has 0 saturated carbocycles. The fourth-order valence-corrected chi connectivity index (χ4v) is 3.46. The average molecular weight is 270 g/mol. The largest absolute Gasteiger partial charge is 0.398 e. The second-order valence-electron chi connectivity index (χ2n) is 3.54. The van der Waals surface area contributed by atoms with Gasteiger partial charge in [-0.05, 0) is 36.8 Å². The Hall–Kier alpha value is -0.640. The van der Waals surface area contributed by atoms with E-state index in [1.165, 1.54) is 10.4 Å². The van der Waals surface area contributed by atoms with Crippen LogP contribution >= 0.6 is 34.7 Å². The number of halogens is 1. The lowest BCUT2D eigenvalue weighted by Gasteiger charge is -2.05. The van der Waals surface area contributed by atoms with Gasteiger partial charge >= 0.3 is 0 Å². The topological polar surface area (TPSA) is 26.0 Å². The molecular weight excluding hydrogens is 258 g/mol. The maximum Gasteiger partial charge on any atom is 0.0931 e. The van der Waals surface area contributed by atoms with Crippen molar-refractivity contribution in [2.45, 2.75) is 17.6 Å². The number of nitrogens with two attached hydrogens (primary N) is 1. The molecule has 1 aromatic carbocycles. The van der Waals surface area contributed by atoms with Crippen molar-refractivity contribution in [1.82, 2.24) is 0 Å². The van der Waals surface area contributed by atoms with Gasteiger partial charge in [-0.1, -0.05) is 17.7 Å². The summed E-state index contributed by atoms with van der Waals surface area (Å²) >= 11 is 9.25. The minimum absolute atomic E-state index is 0.840. The Morgan fingerprint density at radius 3 is 2.75 bits per heavy atom. The van der Waals surface area contributed by atoms with Gasteiger partial charge in [-0.3, -0.25) is 0 Å². The van der Waals surface area contributed by atoms with Crippen LogP contribution in [0.1, 0.15) is 10.4 Å². The Morgan fingerprint density at radius 1 is 1.31 bits per heavy atom. The zero-order chi connectivity index (χ0) is 11.5. The highest BCUT2D eigenvalue weighted by Gasteiger charge is 2.03. The van der Waals surface area contributed by atoms with Crippen LogP contribution in [0, 0.1) is 6.92 Å². The number of hydrogen-bond donors (Lipinski definition) is 1. The third kappa shape index (κ3) is 2.94. The molecular formula is C12H12ClNS2. The highest BCUT2D eigenvalue weighted by molar-refractivity contribution is 7.98. The number of thiophene rings is 1. The summed E-state index contributed by atoms with van der Waals surface area (Å²) < 4.78 is 0.840. The molecule has 1 heterocycles. The monoisotopic (exact) mass is 269 g/mol. The van der Waals surface area contributed by atoms with Crippen molar-refractivity contribution in [2.24, 2.45) is 0 Å². The summed E-state index contributed by atoms with van der Waals surface area (Å²) in [4.78, 5) is 2.41. The van der Waals surface area contributed by atoms with E-state index in [0.717, 1.165) is 20.7 Å². The maximum atomic E-state index is 5.95. The van der Waals surface area contributed by atoms with Crippen molar-refractivity contribution in [1.29, 1.82) is 0 Å². The summed E-state index contributed by atoms with van der Waals surface area (Å²) in [7, 11) is 0. The molecule has 2 aromatic rings. The molecule has 1 aromatic heterocycles. The van der Waals surface area contributed by atoms with Crippen LogP contribution in [0.3, 0.4) is 0 Å². The molecule has 0 aliphatic heterocycles. The first kappa shape index (κ1) is 11.8. The van der Waals surface area contributed by atoms with Crippen molar-refractivity contribution in [3.63, 3.8) is 0 Å². The molecule has 0 spiro atoms. The number of aryl methyl sites for hydroxylation is 1. The normalized spacial score (nSPS) is 10.6. The van der Waals surface area contributed by atoms with Gasteiger partial charge < -0.3 is 5.73 Å². The van der Waals surface area contributed by atoms with Crippen LogP contribution in [-0.4, -0.2) is 0 Å². The summed E-state index contributed by atoms with van der Waals surface area (Å²) in [5, 5.41) is 0. The molecule has 0 aliphatic carbocycles. The quantitative estimate of drug-likeness (QED) is 0.652. The summed E-state index contributed by atoms with van der Waals surface area (Å²) in [5.74, 6) is 0.921. The molecule has 84 valence electrons. The second-order valence-corrected chi connectivity index (χ2v) is 6.35. The van der Waals surface area contributed by atoms with E-state index in [1.807, 2.05) is 19.1 Å². The zero-order valence-electron chi connectivity index (χ0n) is 8.87. The van der Waals surface area contributed by atoms with E-state index in [-0.39, 0.29) is 0 Å². The third-order valence-corrected chi connectivity index (χ3v) is 4.72. The van der Waals surface area contributed by atoms with Crippen molar-refractivity contribution >= 4 is 40.4 Å². The van der Waals surface area contributed by atoms with Crippen molar-refractivity contribution < 1.29 is 0 Å². The van der Waals surface area contributed by atoms with Gasteiger partial charge in [0.2, 0.25) is 0 Å². The summed E-state index contributed by atoms with van der Waals surface area (Å²) in [6.07, 6.45) is 0. The lowest BCUT2D eigenvalue weighted by Crippen LogP contribution is -1.89. The lowest BCUT2D eigenvalue weighted by molar-refractivity contribution is 1.37. The third-order valence-electron chi connectivity index (χ3n) is 2.16. The lowest BCUT2D eigenvalue weighted by atomic mass is 10.2. The zero-order valence-corrected chi connectivity index (χ0v) is 11.3. The molecule has 2 N–H and O–H groups in total. The van der Waals surface area contributed by atoms with Crippen LogP contribution < -0.4 is 5.73 Å². The van der Waals surface area contributed by atoms with Crippen LogP contribution in [-0.2, 0) is 5.75 Å². The number of thioether (sulfide) groups is 1. The van der Waals surface area contributed by atoms with Crippen LogP contribution in [0.15, 0.2) is 35.2 Å². The summed E-state index contributed by atoms with van der Waals surface area (Å²) in [5.41, 5.74) is 8.00. The molecule has 0 amide bonds. The van der Waals surface area contributed by atoms with Crippen molar-refractivity contribution in [2.75, 3.05) is 5.73 Å². The number of benzene rings is 1. The second kappa shape index (κ2) is 5.13. The van der Waals surface area contributed by atoms with E-state index >= 15 is 0 Å². The predicted octanol–water partition coefficient (Wildman–Crippen LogP) is 4.58. The van der Waals surface area contributed by atoms with E-state index in [1.54, 1.807) is 23.1 Å². The van der Waals surface area contributed by atoms with Crippen LogP contribution in [0.2, 0.25) is 4.34 Å². The Labute approximate surface area is 109 Å². The summed E-state index contributed by atoms with van der Waals surface area (Å²) in [6.45, 7) is 2.05. The Balaban J connectivity index is 2.04. The Kier molecular flexibility index (Phi) is 3.79. The van der Waals surface area contributed by atoms with Crippen molar-refractivity contribution in [3.05, 3.63) is 45.1 Å². The number of nitrogen functional groups attached to an aromatic ring is 1. The number of rotatable bonds is 3. The van der Waals surface area contributed by atoms with Gasteiger partial charge in [0.05, 0.1) is 4.34 Å². The molecule has 1 nitrogen and oxygen atoms in total. The molecule has 0 unspecified atom stereocenters. The van der Waals surface area contributed by atoms with E-state index in [4.69, 9.17) is 17.3 Å². The van der Waals surface area contributed by atoms with Gasteiger partial charge in [-0.15, -0.1) is 23.1 Å². The van der Waals surface area contributed by atoms with Gasteiger partial charge in [0, 0.05) is 21.2 Å². The Bertz CT molecular complexity index is 494. The fraction of sp³-hybridized carbons (Fsp3) is 0.167. The maximum absolute atomic E-state index is 5.95. The van der Waals surface area contributed by atoms with Gasteiger partial charge in [0.15, 0.2) is 0 Å². The molecule has 4 heteroatoms. The van der Waals surface area contributed by atoms with Crippen LogP contribution in [0.4, 0.5) is 5.69 Å². The van der Waals surface area contributed by atoms with Gasteiger partial charge in [0.25, 0.3) is 0 Å². The average Bonchev–Trinajstić information content (AvgIpc) is 2.63. The first-order valence-electron chi connectivity index (χ1n) is 4.88. The van der Waals surface area contributed by atoms with E-state index < -0.39 is 0 Å². The summed E-state index contributed by atoms with van der Waals surface area (Å²) in [6, 6.07) is 10.2. The molecule has 2 rings (SSSR count). The standard InChI is InChI=1S/C12H12ClNS2/c1-8-2-4-11(10(14)6-8)15-7-9-3-5-12(13)16-9/h2-6H,7,14H2,1H3. The fourth-order valence-electron chi connectivity index (χ4n) is 1.38. The molecule has 0 saturated heterocycles. The molecule has 16 heavy (non-hydrogen) atoms. The minimum atomic E-state index is 0.840. The van der Waals surface area contributed by atoms with Crippen LogP contribution in [0.25, 0.3) is 0 Å². The SMILES string of the molecule is Cc1ccc(SCc2ccc(Cl)s2)c(N)c1. The molecule has 0 radical (unpaired) electrons. The van der Waals surface area contributed by atoms with Crippen molar-refractivity contribution in [3.8, 4) is 0 Å². The predicted molar refractivity (Wildman–Crippen MR) is 74.5 cm³/mol. The molecule has 0 fully saturated rings.